The third-order valence-corrected chi connectivity index (χ3v) is 12.1. The largest absolute Gasteiger partial charge is 0.494 e. The van der Waals surface area contributed by atoms with Gasteiger partial charge in [-0.1, -0.05) is 23.7 Å². The standard InChI is InChI=1S/C40H46ClN8O6P/c1-54-34-22-27(9-12-31(34)45-40-43-23-30(41)37(47-40)44-32-7-4-5-8-35(32)56(2,3)53)48-18-15-26(16-19-48)42-17-6-20-55-28-10-11-29-25(21-28)24-49(39(29)52)33-13-14-36(50)46-38(33)51/h4-5,7-12,21-23,26,33,42H,6,13-20,24H2,1-3H3,(H,46,50,51)(H2,43,44,45,47). The van der Waals surface area contributed by atoms with Crippen molar-refractivity contribution in [1.29, 1.82) is 0 Å². The summed E-state index contributed by atoms with van der Waals surface area (Å²) in [5.74, 6) is 1.16. The van der Waals surface area contributed by atoms with Crippen LogP contribution in [-0.4, -0.2) is 91.4 Å². The van der Waals surface area contributed by atoms with E-state index in [2.05, 4.69) is 42.2 Å². The Bertz CT molecular complexity index is 2170. The zero-order valence-corrected chi connectivity index (χ0v) is 33.3. The van der Waals surface area contributed by atoms with E-state index in [0.29, 0.717) is 76.1 Å². The van der Waals surface area contributed by atoms with Crippen molar-refractivity contribution < 1.29 is 28.4 Å². The first-order valence-electron chi connectivity index (χ1n) is 18.7. The molecule has 0 saturated carbocycles. The maximum absolute atomic E-state index is 13.0. The van der Waals surface area contributed by atoms with E-state index in [0.717, 1.165) is 50.1 Å². The minimum Gasteiger partial charge on any atom is -0.494 e. The molecular weight excluding hydrogens is 755 g/mol. The monoisotopic (exact) mass is 800 g/mol. The van der Waals surface area contributed by atoms with Crippen LogP contribution in [0.4, 0.5) is 28.8 Å². The molecule has 16 heteroatoms. The maximum Gasteiger partial charge on any atom is 0.255 e. The molecule has 2 fully saturated rings. The summed E-state index contributed by atoms with van der Waals surface area (Å²) in [7, 11) is -0.916. The number of amides is 3. The number of nitrogens with zero attached hydrogens (tertiary/aromatic N) is 4. The molecule has 4 aromatic rings. The molecule has 0 aliphatic carbocycles. The number of aromatic nitrogens is 2. The lowest BCUT2D eigenvalue weighted by Crippen LogP contribution is -2.52. The Morgan fingerprint density at radius 3 is 2.55 bits per heavy atom. The minimum absolute atomic E-state index is 0.192. The number of ether oxygens (including phenoxy) is 2. The number of carbonyl (C=O) groups excluding carboxylic acids is 3. The molecule has 3 aliphatic rings. The van der Waals surface area contributed by atoms with Crippen LogP contribution in [0.1, 0.15) is 48.0 Å². The highest BCUT2D eigenvalue weighted by molar-refractivity contribution is 7.70. The second-order valence-corrected chi connectivity index (χ2v) is 18.1. The van der Waals surface area contributed by atoms with E-state index in [1.54, 1.807) is 37.5 Å². The first-order chi connectivity index (χ1) is 27.0. The molecule has 294 valence electrons. The fraction of sp³-hybridized carbons (Fsp3) is 0.375. The predicted molar refractivity (Wildman–Crippen MR) is 218 cm³/mol. The van der Waals surface area contributed by atoms with E-state index >= 15 is 0 Å². The van der Waals surface area contributed by atoms with E-state index in [9.17, 15) is 18.9 Å². The van der Waals surface area contributed by atoms with Crippen molar-refractivity contribution in [3.63, 3.8) is 0 Å². The Kier molecular flexibility index (Phi) is 11.8. The van der Waals surface area contributed by atoms with Crippen molar-refractivity contribution in [2.45, 2.75) is 50.7 Å². The van der Waals surface area contributed by atoms with Crippen molar-refractivity contribution in [2.75, 3.05) is 62.2 Å². The van der Waals surface area contributed by atoms with Crippen LogP contribution >= 0.6 is 18.7 Å². The summed E-state index contributed by atoms with van der Waals surface area (Å²) in [5.41, 5.74) is 3.85. The molecule has 0 spiro atoms. The van der Waals surface area contributed by atoms with Crippen molar-refractivity contribution in [2.24, 2.45) is 0 Å². The van der Waals surface area contributed by atoms with Crippen LogP contribution in [0.15, 0.2) is 66.9 Å². The average molecular weight is 801 g/mol. The summed E-state index contributed by atoms with van der Waals surface area (Å²) in [5, 5.41) is 13.5. The third-order valence-electron chi connectivity index (χ3n) is 10.3. The Balaban J connectivity index is 0.862. The average Bonchev–Trinajstić information content (AvgIpc) is 3.51. The third kappa shape index (κ3) is 8.93. The number of benzene rings is 3. The predicted octanol–water partition coefficient (Wildman–Crippen LogP) is 5.66. The zero-order valence-electron chi connectivity index (χ0n) is 31.6. The number of carbonyl (C=O) groups is 3. The topological polar surface area (TPSA) is 167 Å². The number of piperidine rings is 2. The normalized spacial score (nSPS) is 17.4. The van der Waals surface area contributed by atoms with Gasteiger partial charge in [-0.3, -0.25) is 19.7 Å². The van der Waals surface area contributed by atoms with E-state index in [4.69, 9.17) is 21.1 Å². The van der Waals surface area contributed by atoms with Crippen LogP contribution in [0.5, 0.6) is 11.5 Å². The van der Waals surface area contributed by atoms with Crippen molar-refractivity contribution in [3.8, 4) is 11.5 Å². The first kappa shape index (κ1) is 39.1. The van der Waals surface area contributed by atoms with Gasteiger partial charge >= 0.3 is 0 Å². The molecule has 3 aliphatic heterocycles. The second kappa shape index (κ2) is 16.9. The molecule has 4 N–H and O–H groups in total. The van der Waals surface area contributed by atoms with E-state index in [1.165, 1.54) is 6.20 Å². The van der Waals surface area contributed by atoms with E-state index in [-0.39, 0.29) is 18.2 Å². The van der Waals surface area contributed by atoms with E-state index < -0.39 is 19.1 Å². The molecule has 1 atom stereocenters. The fourth-order valence-electron chi connectivity index (χ4n) is 7.34. The quantitative estimate of drug-likeness (QED) is 0.0703. The molecule has 0 radical (unpaired) electrons. The molecule has 4 heterocycles. The minimum atomic E-state index is -2.55. The highest BCUT2D eigenvalue weighted by atomic mass is 35.5. The van der Waals surface area contributed by atoms with Gasteiger partial charge in [-0.05, 0) is 93.6 Å². The lowest BCUT2D eigenvalue weighted by molar-refractivity contribution is -0.136. The highest BCUT2D eigenvalue weighted by Gasteiger charge is 2.39. The number of hydrogen-bond acceptors (Lipinski definition) is 12. The summed E-state index contributed by atoms with van der Waals surface area (Å²) in [6.07, 6.45) is 4.90. The molecule has 1 aromatic heterocycles. The van der Waals surface area contributed by atoms with Crippen LogP contribution in [0, 0.1) is 0 Å². The number of halogens is 1. The number of fused-ring (bicyclic) bond motifs is 1. The van der Waals surface area contributed by atoms with Gasteiger partial charge in [-0.15, -0.1) is 0 Å². The number of nitrogens with one attached hydrogen (secondary N) is 4. The lowest BCUT2D eigenvalue weighted by Gasteiger charge is -2.34. The molecule has 0 bridgehead atoms. The van der Waals surface area contributed by atoms with Gasteiger partial charge in [0.25, 0.3) is 5.91 Å². The van der Waals surface area contributed by atoms with Crippen LogP contribution in [0.25, 0.3) is 0 Å². The molecule has 14 nitrogen and oxygen atoms in total. The second-order valence-electron chi connectivity index (χ2n) is 14.5. The van der Waals surface area contributed by atoms with Gasteiger partial charge in [0, 0.05) is 54.7 Å². The zero-order chi connectivity index (χ0) is 39.4. The SMILES string of the molecule is COc1cc(N2CCC(NCCCOc3ccc4c(c3)CN(C3CCC(=O)NC3=O)C4=O)CC2)ccc1Nc1ncc(Cl)c(Nc2ccccc2P(C)(C)=O)n1. The van der Waals surface area contributed by atoms with Gasteiger partial charge in [-0.2, -0.15) is 4.98 Å². The van der Waals surface area contributed by atoms with E-state index in [1.807, 2.05) is 42.5 Å². The number of rotatable bonds is 14. The van der Waals surface area contributed by atoms with Crippen LogP contribution in [0.3, 0.4) is 0 Å². The van der Waals surface area contributed by atoms with Crippen molar-refractivity contribution in [1.82, 2.24) is 25.5 Å². The van der Waals surface area contributed by atoms with Gasteiger partial charge < -0.3 is 39.8 Å². The van der Waals surface area contributed by atoms with Gasteiger partial charge in [0.15, 0.2) is 5.82 Å². The molecule has 56 heavy (non-hydrogen) atoms. The molecule has 7 rings (SSSR count). The Morgan fingerprint density at radius 2 is 1.79 bits per heavy atom. The first-order valence-corrected chi connectivity index (χ1v) is 21.7. The lowest BCUT2D eigenvalue weighted by atomic mass is 10.0. The number of para-hydroxylation sites is 1. The molecule has 3 amide bonds. The Labute approximate surface area is 331 Å². The molecule has 1 unspecified atom stereocenters. The summed E-state index contributed by atoms with van der Waals surface area (Å²) in [4.78, 5) is 49.7. The molecule has 3 aromatic carbocycles. The van der Waals surface area contributed by atoms with Gasteiger partial charge in [0.2, 0.25) is 17.8 Å². The molecule has 2 saturated heterocycles. The highest BCUT2D eigenvalue weighted by Crippen LogP contribution is 2.39. The van der Waals surface area contributed by atoms with Crippen LogP contribution in [-0.2, 0) is 20.7 Å². The summed E-state index contributed by atoms with van der Waals surface area (Å²) in [6.45, 7) is 6.92. The summed E-state index contributed by atoms with van der Waals surface area (Å²) >= 11 is 6.45. The van der Waals surface area contributed by atoms with Crippen molar-refractivity contribution >= 4 is 70.6 Å². The number of hydrogen-bond donors (Lipinski definition) is 4. The van der Waals surface area contributed by atoms with Gasteiger partial charge in [-0.25, -0.2) is 4.98 Å². The maximum atomic E-state index is 13.0. The number of imide groups is 1. The summed E-state index contributed by atoms with van der Waals surface area (Å²) < 4.78 is 24.7. The smallest absolute Gasteiger partial charge is 0.255 e. The Morgan fingerprint density at radius 1 is 0.982 bits per heavy atom. The molecular formula is C40H46ClN8O6P. The van der Waals surface area contributed by atoms with Gasteiger partial charge in [0.1, 0.15) is 29.7 Å². The van der Waals surface area contributed by atoms with Crippen LogP contribution < -0.4 is 40.9 Å². The fourth-order valence-corrected chi connectivity index (χ4v) is 8.64. The van der Waals surface area contributed by atoms with Crippen molar-refractivity contribution in [3.05, 3.63) is 83.0 Å². The van der Waals surface area contributed by atoms with Gasteiger partial charge in [0.05, 0.1) is 31.3 Å². The Hall–Kier alpha value is -5.17. The summed E-state index contributed by atoms with van der Waals surface area (Å²) in [6, 6.07) is 18.6. The number of methoxy groups -OCH3 is 1. The number of anilines is 5. The van der Waals surface area contributed by atoms with Crippen LogP contribution in [0.2, 0.25) is 5.02 Å².